The normalized spacial score (nSPS) is 14.1. The standard InChI is InChI=1S/C28H29Cl2F2N3O9S2/c1-45(38,39)33-19-6-8-20(9-7-19)35(46(2,40)41)15-27(36)43-25(12-21-22(29)13-34(37)14-23(21)30)18-5-10-24(44-28(31)32)26(11-18)42-16-17-3-4-17/h5-11,13-14,17,25,28,33H,3-4,12,15-16H2,1-2H3. The number of carbonyl (C=O) groups excluding carboxylic acids is 1. The highest BCUT2D eigenvalue weighted by atomic mass is 35.5. The zero-order valence-corrected chi connectivity index (χ0v) is 27.5. The molecule has 1 aliphatic carbocycles. The van der Waals surface area contributed by atoms with Gasteiger partial charge in [0.15, 0.2) is 23.9 Å². The van der Waals surface area contributed by atoms with E-state index in [0.717, 1.165) is 42.1 Å². The fourth-order valence-corrected chi connectivity index (χ4v) is 6.29. The van der Waals surface area contributed by atoms with Crippen molar-refractivity contribution < 1.29 is 49.4 Å². The third-order valence-electron chi connectivity index (χ3n) is 6.58. The van der Waals surface area contributed by atoms with Gasteiger partial charge in [-0.05, 0) is 60.7 Å². The first-order valence-electron chi connectivity index (χ1n) is 13.5. The first-order valence-corrected chi connectivity index (χ1v) is 18.0. The minimum atomic E-state index is -4.07. The van der Waals surface area contributed by atoms with Crippen LogP contribution in [0.3, 0.4) is 0 Å². The molecule has 3 aromatic rings. The number of pyridine rings is 1. The predicted molar refractivity (Wildman–Crippen MR) is 166 cm³/mol. The summed E-state index contributed by atoms with van der Waals surface area (Å²) in [6.45, 7) is -3.70. The van der Waals surface area contributed by atoms with Crippen LogP contribution in [0.25, 0.3) is 0 Å². The van der Waals surface area contributed by atoms with Crippen molar-refractivity contribution in [3.63, 3.8) is 0 Å². The van der Waals surface area contributed by atoms with Crippen molar-refractivity contribution in [3.8, 4) is 11.5 Å². The lowest BCUT2D eigenvalue weighted by Gasteiger charge is -2.25. The van der Waals surface area contributed by atoms with E-state index in [1.54, 1.807) is 0 Å². The number of rotatable bonds is 15. The molecule has 0 spiro atoms. The molecule has 46 heavy (non-hydrogen) atoms. The van der Waals surface area contributed by atoms with E-state index in [9.17, 15) is 35.6 Å². The van der Waals surface area contributed by atoms with Crippen molar-refractivity contribution in [1.82, 2.24) is 0 Å². The molecule has 1 fully saturated rings. The van der Waals surface area contributed by atoms with Crippen LogP contribution >= 0.6 is 23.2 Å². The number of esters is 1. The monoisotopic (exact) mass is 723 g/mol. The van der Waals surface area contributed by atoms with Gasteiger partial charge < -0.3 is 19.4 Å². The summed E-state index contributed by atoms with van der Waals surface area (Å²) >= 11 is 12.6. The second kappa shape index (κ2) is 14.4. The van der Waals surface area contributed by atoms with Crippen LogP contribution in [-0.2, 0) is 36.0 Å². The molecular weight excluding hydrogens is 695 g/mol. The van der Waals surface area contributed by atoms with Gasteiger partial charge >= 0.3 is 12.6 Å². The molecule has 1 aromatic heterocycles. The van der Waals surface area contributed by atoms with Gasteiger partial charge in [0.2, 0.25) is 20.0 Å². The van der Waals surface area contributed by atoms with Crippen LogP contribution < -0.4 is 23.2 Å². The number of anilines is 2. The van der Waals surface area contributed by atoms with E-state index in [-0.39, 0.29) is 63.0 Å². The molecule has 250 valence electrons. The Morgan fingerprint density at radius 3 is 2.22 bits per heavy atom. The predicted octanol–water partition coefficient (Wildman–Crippen LogP) is 4.68. The Bertz CT molecular complexity index is 1770. The van der Waals surface area contributed by atoms with Gasteiger partial charge in [0.25, 0.3) is 0 Å². The highest BCUT2D eigenvalue weighted by molar-refractivity contribution is 7.92. The van der Waals surface area contributed by atoms with Gasteiger partial charge in [0.1, 0.15) is 22.7 Å². The average Bonchev–Trinajstić information content (AvgIpc) is 3.76. The molecule has 1 saturated carbocycles. The van der Waals surface area contributed by atoms with Crippen molar-refractivity contribution in [3.05, 3.63) is 81.2 Å². The number of aromatic nitrogens is 1. The molecule has 0 amide bonds. The van der Waals surface area contributed by atoms with E-state index >= 15 is 0 Å². The van der Waals surface area contributed by atoms with Gasteiger partial charge in [-0.3, -0.25) is 13.8 Å². The van der Waals surface area contributed by atoms with Crippen molar-refractivity contribution in [2.24, 2.45) is 5.92 Å². The summed E-state index contributed by atoms with van der Waals surface area (Å²) in [5.41, 5.74) is 0.662. The van der Waals surface area contributed by atoms with Gasteiger partial charge in [0.05, 0.1) is 24.8 Å². The molecule has 12 nitrogen and oxygen atoms in total. The highest BCUT2D eigenvalue weighted by Crippen LogP contribution is 2.38. The molecule has 1 N–H and O–H groups in total. The summed E-state index contributed by atoms with van der Waals surface area (Å²) in [4.78, 5) is 13.4. The van der Waals surface area contributed by atoms with E-state index in [1.165, 1.54) is 42.5 Å². The van der Waals surface area contributed by atoms with Crippen LogP contribution in [0.2, 0.25) is 10.0 Å². The van der Waals surface area contributed by atoms with Crippen LogP contribution in [-0.4, -0.2) is 55.1 Å². The zero-order chi connectivity index (χ0) is 33.8. The van der Waals surface area contributed by atoms with E-state index in [0.29, 0.717) is 4.73 Å². The lowest BCUT2D eigenvalue weighted by molar-refractivity contribution is -0.605. The molecule has 1 heterocycles. The molecule has 18 heteroatoms. The number of sulfonamides is 2. The number of benzene rings is 2. The largest absolute Gasteiger partial charge is 0.619 e. The van der Waals surface area contributed by atoms with E-state index in [1.807, 2.05) is 0 Å². The number of nitrogens with zero attached hydrogens (tertiary/aromatic N) is 2. The van der Waals surface area contributed by atoms with E-state index < -0.39 is 45.3 Å². The molecule has 0 radical (unpaired) electrons. The topological polar surface area (TPSA) is 155 Å². The number of ether oxygens (including phenoxy) is 3. The van der Waals surface area contributed by atoms with Crippen LogP contribution in [0.5, 0.6) is 11.5 Å². The van der Waals surface area contributed by atoms with Gasteiger partial charge in [-0.15, -0.1) is 0 Å². The van der Waals surface area contributed by atoms with Gasteiger partial charge in [-0.2, -0.15) is 13.5 Å². The van der Waals surface area contributed by atoms with Crippen molar-refractivity contribution in [2.45, 2.75) is 32.0 Å². The Hall–Kier alpha value is -3.60. The van der Waals surface area contributed by atoms with Crippen LogP contribution in [0.15, 0.2) is 54.9 Å². The van der Waals surface area contributed by atoms with Gasteiger partial charge in [-0.25, -0.2) is 16.8 Å². The molecule has 0 saturated heterocycles. The van der Waals surface area contributed by atoms with Crippen molar-refractivity contribution in [2.75, 3.05) is 34.7 Å². The van der Waals surface area contributed by atoms with Gasteiger partial charge in [0, 0.05) is 17.7 Å². The first kappa shape index (κ1) is 35.3. The van der Waals surface area contributed by atoms with Crippen LogP contribution in [0.4, 0.5) is 20.2 Å². The number of nitrogens with one attached hydrogen (secondary N) is 1. The van der Waals surface area contributed by atoms with E-state index in [2.05, 4.69) is 9.46 Å². The Labute approximate surface area is 274 Å². The second-order valence-electron chi connectivity index (χ2n) is 10.5. The summed E-state index contributed by atoms with van der Waals surface area (Å²) in [5.74, 6) is -1.04. The third kappa shape index (κ3) is 10.2. The Kier molecular flexibility index (Phi) is 11.1. The lowest BCUT2D eigenvalue weighted by Crippen LogP contribution is -2.36. The number of hydrogen-bond donors (Lipinski definition) is 1. The van der Waals surface area contributed by atoms with Gasteiger partial charge in [-0.1, -0.05) is 29.3 Å². The Morgan fingerprint density at radius 2 is 1.67 bits per heavy atom. The minimum Gasteiger partial charge on any atom is -0.619 e. The smallest absolute Gasteiger partial charge is 0.387 e. The SMILES string of the molecule is CS(=O)(=O)Nc1ccc(N(CC(=O)OC(Cc2c(Cl)c[n+]([O-])cc2Cl)c2ccc(OC(F)F)c(OCC3CC3)c2)S(C)(=O)=O)cc1. The minimum absolute atomic E-state index is 0.0334. The van der Waals surface area contributed by atoms with Crippen molar-refractivity contribution in [1.29, 1.82) is 0 Å². The number of alkyl halides is 2. The van der Waals surface area contributed by atoms with Crippen LogP contribution in [0.1, 0.15) is 30.1 Å². The average molecular weight is 725 g/mol. The molecule has 0 bridgehead atoms. The maximum absolute atomic E-state index is 13.4. The molecule has 1 aliphatic rings. The molecule has 0 aliphatic heterocycles. The van der Waals surface area contributed by atoms with Crippen LogP contribution in [0, 0.1) is 11.1 Å². The molecular formula is C28H29Cl2F2N3O9S2. The fourth-order valence-electron chi connectivity index (χ4n) is 4.28. The lowest BCUT2D eigenvalue weighted by atomic mass is 10.0. The zero-order valence-electron chi connectivity index (χ0n) is 24.4. The summed E-state index contributed by atoms with van der Waals surface area (Å²) < 4.78 is 94.2. The Balaban J connectivity index is 1.66. The number of halogens is 4. The molecule has 1 unspecified atom stereocenters. The summed E-state index contributed by atoms with van der Waals surface area (Å²) in [6, 6.07) is 9.17. The Morgan fingerprint density at radius 1 is 1.04 bits per heavy atom. The maximum atomic E-state index is 13.4. The van der Waals surface area contributed by atoms with E-state index in [4.69, 9.17) is 32.7 Å². The number of hydrogen-bond acceptors (Lipinski definition) is 9. The fraction of sp³-hybridized carbons (Fsp3) is 0.357. The summed E-state index contributed by atoms with van der Waals surface area (Å²) in [5, 5.41) is 11.7. The second-order valence-corrected chi connectivity index (χ2v) is 15.0. The molecule has 2 aromatic carbocycles. The number of carbonyl (C=O) groups is 1. The first-order chi connectivity index (χ1) is 21.5. The van der Waals surface area contributed by atoms with Crippen molar-refractivity contribution >= 4 is 60.6 Å². The summed E-state index contributed by atoms with van der Waals surface area (Å²) in [7, 11) is -7.66. The molecule has 1 atom stereocenters. The quantitative estimate of drug-likeness (QED) is 0.134. The molecule has 4 rings (SSSR count). The third-order valence-corrected chi connectivity index (χ3v) is 8.98. The maximum Gasteiger partial charge on any atom is 0.387 e. The highest BCUT2D eigenvalue weighted by Gasteiger charge is 2.28. The summed E-state index contributed by atoms with van der Waals surface area (Å²) in [6.07, 6.45) is 4.31.